The number of benzene rings is 1. The Balaban J connectivity index is 2.07. The van der Waals surface area contributed by atoms with E-state index in [1.807, 2.05) is 13.8 Å². The lowest BCUT2D eigenvalue weighted by Crippen LogP contribution is -2.20. The molecule has 0 aliphatic rings. The Labute approximate surface area is 134 Å². The van der Waals surface area contributed by atoms with Crippen LogP contribution in [0.15, 0.2) is 30.5 Å². The summed E-state index contributed by atoms with van der Waals surface area (Å²) in [7, 11) is 1.80. The third-order valence-electron chi connectivity index (χ3n) is 3.19. The third-order valence-corrected chi connectivity index (χ3v) is 3.19. The van der Waals surface area contributed by atoms with Gasteiger partial charge in [-0.3, -0.25) is 9.48 Å². The molecule has 0 fully saturated rings. The predicted molar refractivity (Wildman–Crippen MR) is 87.7 cm³/mol. The van der Waals surface area contributed by atoms with Gasteiger partial charge in [0.1, 0.15) is 0 Å². The fourth-order valence-electron chi connectivity index (χ4n) is 2.25. The second-order valence-corrected chi connectivity index (χ2v) is 5.61. The number of aliphatic carboxylic acids is 1. The first-order chi connectivity index (χ1) is 10.8. The lowest BCUT2D eigenvalue weighted by atomic mass is 10.1. The van der Waals surface area contributed by atoms with Crippen LogP contribution in [0.5, 0.6) is 0 Å². The molecule has 2 rings (SSSR count). The van der Waals surface area contributed by atoms with Crippen LogP contribution in [0, 0.1) is 0 Å². The molecule has 7 nitrogen and oxygen atoms in total. The van der Waals surface area contributed by atoms with Crippen LogP contribution in [0.25, 0.3) is 0 Å². The number of carboxylic acids is 1. The molecule has 23 heavy (non-hydrogen) atoms. The van der Waals surface area contributed by atoms with Gasteiger partial charge < -0.3 is 15.7 Å². The monoisotopic (exact) mass is 316 g/mol. The minimum absolute atomic E-state index is 0.0861. The fourth-order valence-corrected chi connectivity index (χ4v) is 2.25. The molecular formula is C16H20N4O3. The largest absolute Gasteiger partial charge is 0.481 e. The number of carbonyl (C=O) groups excluding carboxylic acids is 1. The quantitative estimate of drug-likeness (QED) is 0.790. The van der Waals surface area contributed by atoms with Crippen molar-refractivity contribution < 1.29 is 14.7 Å². The zero-order valence-corrected chi connectivity index (χ0v) is 13.3. The standard InChI is InChI=1S/C16H20N4O3/c1-10(2)15-13(9-20(3)19-15)18-16(23)17-12-6-4-5-11(7-12)8-14(21)22/h4-7,9-10H,8H2,1-3H3,(H,21,22)(H2,17,18,23). The second-order valence-electron chi connectivity index (χ2n) is 5.61. The Kier molecular flexibility index (Phi) is 5.00. The number of aromatic nitrogens is 2. The van der Waals surface area contributed by atoms with Gasteiger partial charge in [0.05, 0.1) is 17.8 Å². The van der Waals surface area contributed by atoms with Gasteiger partial charge in [0.2, 0.25) is 0 Å². The molecule has 0 aliphatic heterocycles. The molecule has 0 radical (unpaired) electrons. The number of nitrogens with zero attached hydrogens (tertiary/aromatic N) is 2. The number of carboxylic acid groups (broad SMARTS) is 1. The minimum atomic E-state index is -0.913. The van der Waals surface area contributed by atoms with Crippen molar-refractivity contribution in [3.05, 3.63) is 41.7 Å². The molecule has 7 heteroatoms. The molecule has 0 unspecified atom stereocenters. The van der Waals surface area contributed by atoms with Crippen LogP contribution < -0.4 is 10.6 Å². The number of nitrogens with one attached hydrogen (secondary N) is 2. The molecule has 0 bridgehead atoms. The first-order valence-electron chi connectivity index (χ1n) is 7.27. The van der Waals surface area contributed by atoms with E-state index in [-0.39, 0.29) is 12.3 Å². The van der Waals surface area contributed by atoms with E-state index in [4.69, 9.17) is 5.11 Å². The van der Waals surface area contributed by atoms with Crippen molar-refractivity contribution in [3.63, 3.8) is 0 Å². The molecule has 2 aromatic rings. The summed E-state index contributed by atoms with van der Waals surface area (Å²) >= 11 is 0. The van der Waals surface area contributed by atoms with Gasteiger partial charge in [-0.25, -0.2) is 4.79 Å². The summed E-state index contributed by atoms with van der Waals surface area (Å²) in [5.74, 6) is -0.728. The van der Waals surface area contributed by atoms with Crippen molar-refractivity contribution >= 4 is 23.4 Å². The fraction of sp³-hybridized carbons (Fsp3) is 0.312. The molecule has 1 aromatic heterocycles. The zero-order chi connectivity index (χ0) is 17.0. The van der Waals surface area contributed by atoms with Gasteiger partial charge in [-0.2, -0.15) is 5.10 Å². The van der Waals surface area contributed by atoms with Crippen molar-refractivity contribution in [2.24, 2.45) is 7.05 Å². The van der Waals surface area contributed by atoms with E-state index < -0.39 is 12.0 Å². The van der Waals surface area contributed by atoms with Crippen LogP contribution in [0.3, 0.4) is 0 Å². The summed E-state index contributed by atoms with van der Waals surface area (Å²) in [6, 6.07) is 6.36. The highest BCUT2D eigenvalue weighted by Crippen LogP contribution is 2.22. The Morgan fingerprint density at radius 1 is 1.30 bits per heavy atom. The van der Waals surface area contributed by atoms with Gasteiger partial charge in [-0.1, -0.05) is 26.0 Å². The van der Waals surface area contributed by atoms with E-state index in [1.54, 1.807) is 42.2 Å². The maximum atomic E-state index is 12.1. The van der Waals surface area contributed by atoms with E-state index in [2.05, 4.69) is 15.7 Å². The van der Waals surface area contributed by atoms with Crippen LogP contribution in [0.4, 0.5) is 16.2 Å². The average Bonchev–Trinajstić information content (AvgIpc) is 2.79. The number of aryl methyl sites for hydroxylation is 1. The molecule has 122 valence electrons. The van der Waals surface area contributed by atoms with Gasteiger partial charge in [0, 0.05) is 18.9 Å². The number of hydrogen-bond acceptors (Lipinski definition) is 3. The molecule has 2 amide bonds. The van der Waals surface area contributed by atoms with Crippen molar-refractivity contribution in [2.75, 3.05) is 10.6 Å². The normalized spacial score (nSPS) is 10.6. The lowest BCUT2D eigenvalue weighted by Gasteiger charge is -2.09. The predicted octanol–water partition coefficient (Wildman–Crippen LogP) is 2.81. The SMILES string of the molecule is CC(C)c1nn(C)cc1NC(=O)Nc1cccc(CC(=O)O)c1. The third kappa shape index (κ3) is 4.57. The number of carbonyl (C=O) groups is 2. The van der Waals surface area contributed by atoms with E-state index in [9.17, 15) is 9.59 Å². The number of hydrogen-bond donors (Lipinski definition) is 3. The summed E-state index contributed by atoms with van der Waals surface area (Å²) in [4.78, 5) is 22.9. The zero-order valence-electron chi connectivity index (χ0n) is 13.3. The maximum Gasteiger partial charge on any atom is 0.323 e. The molecule has 0 saturated carbocycles. The molecule has 0 atom stereocenters. The summed E-state index contributed by atoms with van der Waals surface area (Å²) in [6.07, 6.45) is 1.66. The smallest absolute Gasteiger partial charge is 0.323 e. The van der Waals surface area contributed by atoms with E-state index in [0.717, 1.165) is 5.69 Å². The first-order valence-corrected chi connectivity index (χ1v) is 7.27. The number of rotatable bonds is 5. The molecule has 0 spiro atoms. The average molecular weight is 316 g/mol. The maximum absolute atomic E-state index is 12.1. The van der Waals surface area contributed by atoms with Gasteiger partial charge in [0.15, 0.2) is 0 Å². The van der Waals surface area contributed by atoms with Crippen molar-refractivity contribution in [1.82, 2.24) is 9.78 Å². The van der Waals surface area contributed by atoms with E-state index in [1.165, 1.54) is 0 Å². The van der Waals surface area contributed by atoms with Crippen LogP contribution in [-0.4, -0.2) is 26.9 Å². The molecule has 3 N–H and O–H groups in total. The second kappa shape index (κ2) is 6.95. The van der Waals surface area contributed by atoms with Crippen molar-refractivity contribution in [1.29, 1.82) is 0 Å². The van der Waals surface area contributed by atoms with Crippen molar-refractivity contribution in [2.45, 2.75) is 26.2 Å². The number of urea groups is 1. The van der Waals surface area contributed by atoms with E-state index >= 15 is 0 Å². The Morgan fingerprint density at radius 3 is 2.70 bits per heavy atom. The highest BCUT2D eigenvalue weighted by Gasteiger charge is 2.14. The van der Waals surface area contributed by atoms with Crippen LogP contribution in [0.1, 0.15) is 31.0 Å². The molecule has 1 heterocycles. The summed E-state index contributed by atoms with van der Waals surface area (Å²) in [5, 5.41) is 18.6. The number of amides is 2. The molecule has 0 aliphatic carbocycles. The van der Waals surface area contributed by atoms with Gasteiger partial charge >= 0.3 is 12.0 Å². The Bertz CT molecular complexity index is 722. The van der Waals surface area contributed by atoms with Gasteiger partial charge in [-0.15, -0.1) is 0 Å². The van der Waals surface area contributed by atoms with Crippen LogP contribution in [0.2, 0.25) is 0 Å². The first kappa shape index (κ1) is 16.5. The topological polar surface area (TPSA) is 96.3 Å². The van der Waals surface area contributed by atoms with Gasteiger partial charge in [-0.05, 0) is 23.6 Å². The Morgan fingerprint density at radius 2 is 2.04 bits per heavy atom. The molecular weight excluding hydrogens is 296 g/mol. The summed E-state index contributed by atoms with van der Waals surface area (Å²) < 4.78 is 1.65. The molecule has 1 aromatic carbocycles. The van der Waals surface area contributed by atoms with Gasteiger partial charge in [0.25, 0.3) is 0 Å². The van der Waals surface area contributed by atoms with Crippen molar-refractivity contribution in [3.8, 4) is 0 Å². The summed E-state index contributed by atoms with van der Waals surface area (Å²) in [6.45, 7) is 4.00. The number of anilines is 2. The van der Waals surface area contributed by atoms with Crippen LogP contribution >= 0.6 is 0 Å². The molecule has 0 saturated heterocycles. The van der Waals surface area contributed by atoms with Crippen LogP contribution in [-0.2, 0) is 18.3 Å². The Hall–Kier alpha value is -2.83. The minimum Gasteiger partial charge on any atom is -0.481 e. The highest BCUT2D eigenvalue weighted by atomic mass is 16.4. The lowest BCUT2D eigenvalue weighted by molar-refractivity contribution is -0.136. The van der Waals surface area contributed by atoms with E-state index in [0.29, 0.717) is 16.9 Å². The highest BCUT2D eigenvalue weighted by molar-refractivity contribution is 6.00. The summed E-state index contributed by atoms with van der Waals surface area (Å²) in [5.41, 5.74) is 2.62.